The summed E-state index contributed by atoms with van der Waals surface area (Å²) in [6.07, 6.45) is -3.33. The summed E-state index contributed by atoms with van der Waals surface area (Å²) in [6, 6.07) is -0.855. The van der Waals surface area contributed by atoms with Gasteiger partial charge in [0, 0.05) is 23.5 Å². The van der Waals surface area contributed by atoms with Gasteiger partial charge in [0.25, 0.3) is 0 Å². The van der Waals surface area contributed by atoms with E-state index in [1.807, 2.05) is 0 Å². The van der Waals surface area contributed by atoms with Crippen molar-refractivity contribution in [1.82, 2.24) is 5.32 Å². The summed E-state index contributed by atoms with van der Waals surface area (Å²) in [5.41, 5.74) is 8.10. The van der Waals surface area contributed by atoms with Crippen molar-refractivity contribution in [2.75, 3.05) is 6.54 Å². The van der Waals surface area contributed by atoms with Gasteiger partial charge in [0.15, 0.2) is 0 Å². The third-order valence-corrected chi connectivity index (χ3v) is 2.44. The second kappa shape index (κ2) is 4.59. The molecule has 0 radical (unpaired) electrons. The number of rotatable bonds is 2. The van der Waals surface area contributed by atoms with Crippen molar-refractivity contribution in [3.05, 3.63) is 10.4 Å². The van der Waals surface area contributed by atoms with E-state index in [1.54, 1.807) is 6.92 Å². The van der Waals surface area contributed by atoms with E-state index in [0.29, 0.717) is 0 Å². The van der Waals surface area contributed by atoms with Crippen LogP contribution in [-0.2, 0) is 0 Å². The predicted octanol–water partition coefficient (Wildman–Crippen LogP) is -1.26. The number of azide groups is 1. The predicted molar refractivity (Wildman–Crippen MR) is 48.4 cm³/mol. The lowest BCUT2D eigenvalue weighted by atomic mass is 9.91. The Kier molecular flexibility index (Phi) is 3.68. The molecule has 1 aliphatic heterocycles. The molecule has 1 rings (SSSR count). The third kappa shape index (κ3) is 2.14. The minimum absolute atomic E-state index is 0.0474. The first-order valence-electron chi connectivity index (χ1n) is 4.39. The van der Waals surface area contributed by atoms with Crippen molar-refractivity contribution in [2.45, 2.75) is 37.3 Å². The quantitative estimate of drug-likeness (QED) is 0.253. The first kappa shape index (κ1) is 11.2. The van der Waals surface area contributed by atoms with Crippen LogP contribution >= 0.6 is 0 Å². The summed E-state index contributed by atoms with van der Waals surface area (Å²) < 4.78 is 0. The average molecular weight is 202 g/mol. The largest absolute Gasteiger partial charge is 0.389 e. The zero-order valence-electron chi connectivity index (χ0n) is 7.78. The summed E-state index contributed by atoms with van der Waals surface area (Å²) in [5.74, 6) is 0. The molecule has 0 aromatic rings. The van der Waals surface area contributed by atoms with Gasteiger partial charge in [-0.15, -0.1) is 0 Å². The molecule has 1 aliphatic rings. The Morgan fingerprint density at radius 2 is 1.93 bits per heavy atom. The minimum Gasteiger partial charge on any atom is -0.389 e. The van der Waals surface area contributed by atoms with Crippen LogP contribution in [0.25, 0.3) is 10.4 Å². The van der Waals surface area contributed by atoms with Gasteiger partial charge in [0.2, 0.25) is 0 Å². The molecular weight excluding hydrogens is 188 g/mol. The maximum absolute atomic E-state index is 9.50. The molecule has 0 bridgehead atoms. The molecule has 14 heavy (non-hydrogen) atoms. The smallest absolute Gasteiger partial charge is 0.109 e. The van der Waals surface area contributed by atoms with Crippen LogP contribution in [0.2, 0.25) is 0 Å². The van der Waals surface area contributed by atoms with E-state index in [-0.39, 0.29) is 12.6 Å². The molecule has 0 aromatic carbocycles. The van der Waals surface area contributed by atoms with Gasteiger partial charge < -0.3 is 20.6 Å². The Hall–Kier alpha value is -0.850. The summed E-state index contributed by atoms with van der Waals surface area (Å²) in [5, 5.41) is 34.5. The molecule has 0 aliphatic carbocycles. The van der Waals surface area contributed by atoms with E-state index < -0.39 is 24.4 Å². The highest BCUT2D eigenvalue weighted by Crippen LogP contribution is 2.15. The van der Waals surface area contributed by atoms with E-state index in [4.69, 9.17) is 5.53 Å². The molecule has 5 atom stereocenters. The Morgan fingerprint density at radius 1 is 1.29 bits per heavy atom. The van der Waals surface area contributed by atoms with Crippen molar-refractivity contribution in [2.24, 2.45) is 5.11 Å². The van der Waals surface area contributed by atoms with E-state index in [1.165, 1.54) is 0 Å². The van der Waals surface area contributed by atoms with Gasteiger partial charge in [-0.1, -0.05) is 5.11 Å². The molecule has 0 aromatic heterocycles. The van der Waals surface area contributed by atoms with Gasteiger partial charge in [-0.2, -0.15) is 0 Å². The van der Waals surface area contributed by atoms with Crippen molar-refractivity contribution >= 4 is 0 Å². The standard InChI is InChI=1S/C7H14N4O3/c1-3-5(12)7(14)6(13)4(10-3)2-9-11-8/h3-7,10,12-14H,2H2,1H3. The third-order valence-electron chi connectivity index (χ3n) is 2.44. The zero-order chi connectivity index (χ0) is 10.7. The van der Waals surface area contributed by atoms with Crippen LogP contribution < -0.4 is 5.32 Å². The van der Waals surface area contributed by atoms with E-state index >= 15 is 0 Å². The molecular formula is C7H14N4O3. The topological polar surface area (TPSA) is 121 Å². The summed E-state index contributed by atoms with van der Waals surface area (Å²) in [7, 11) is 0. The van der Waals surface area contributed by atoms with E-state index in [2.05, 4.69) is 15.3 Å². The van der Waals surface area contributed by atoms with Crippen LogP contribution in [-0.4, -0.2) is 52.3 Å². The highest BCUT2D eigenvalue weighted by Gasteiger charge is 2.39. The van der Waals surface area contributed by atoms with E-state index in [9.17, 15) is 15.3 Å². The second-order valence-corrected chi connectivity index (χ2v) is 3.45. The number of aliphatic hydroxyl groups is 3. The van der Waals surface area contributed by atoms with Gasteiger partial charge in [0.1, 0.15) is 6.10 Å². The first-order valence-corrected chi connectivity index (χ1v) is 4.39. The van der Waals surface area contributed by atoms with Crippen LogP contribution in [0.4, 0.5) is 0 Å². The highest BCUT2D eigenvalue weighted by molar-refractivity contribution is 4.97. The highest BCUT2D eigenvalue weighted by atomic mass is 16.4. The average Bonchev–Trinajstić information content (AvgIpc) is 2.18. The van der Waals surface area contributed by atoms with Crippen LogP contribution in [0.5, 0.6) is 0 Å². The Balaban J connectivity index is 2.64. The fourth-order valence-corrected chi connectivity index (χ4v) is 1.56. The maximum atomic E-state index is 9.50. The number of hydrogen-bond acceptors (Lipinski definition) is 5. The lowest BCUT2D eigenvalue weighted by molar-refractivity contribution is -0.108. The lowest BCUT2D eigenvalue weighted by Crippen LogP contribution is -2.64. The molecule has 7 heteroatoms. The summed E-state index contributed by atoms with van der Waals surface area (Å²) >= 11 is 0. The number of hydrogen-bond donors (Lipinski definition) is 4. The van der Waals surface area contributed by atoms with Gasteiger partial charge in [-0.3, -0.25) is 0 Å². The first-order chi connectivity index (χ1) is 6.57. The molecule has 0 amide bonds. The molecule has 0 saturated carbocycles. The normalized spacial score (nSPS) is 43.0. The molecule has 1 heterocycles. The summed E-state index contributed by atoms with van der Waals surface area (Å²) in [6.45, 7) is 1.73. The molecule has 4 N–H and O–H groups in total. The molecule has 5 unspecified atom stereocenters. The van der Waals surface area contributed by atoms with E-state index in [0.717, 1.165) is 0 Å². The molecule has 1 saturated heterocycles. The fraction of sp³-hybridized carbons (Fsp3) is 1.00. The van der Waals surface area contributed by atoms with Crippen LogP contribution in [0.3, 0.4) is 0 Å². The maximum Gasteiger partial charge on any atom is 0.109 e. The minimum atomic E-state index is -1.20. The van der Waals surface area contributed by atoms with Crippen molar-refractivity contribution in [1.29, 1.82) is 0 Å². The second-order valence-electron chi connectivity index (χ2n) is 3.45. The number of piperidine rings is 1. The zero-order valence-corrected chi connectivity index (χ0v) is 7.78. The van der Waals surface area contributed by atoms with Crippen LogP contribution in [0.15, 0.2) is 5.11 Å². The fourth-order valence-electron chi connectivity index (χ4n) is 1.56. The molecule has 0 spiro atoms. The lowest BCUT2D eigenvalue weighted by Gasteiger charge is -2.39. The molecule has 7 nitrogen and oxygen atoms in total. The Bertz CT molecular complexity index is 243. The number of aliphatic hydroxyl groups excluding tert-OH is 3. The molecule has 1 fully saturated rings. The molecule has 80 valence electrons. The Morgan fingerprint density at radius 3 is 2.50 bits per heavy atom. The number of nitrogens with zero attached hydrogens (tertiary/aromatic N) is 3. The van der Waals surface area contributed by atoms with Gasteiger partial charge in [0.05, 0.1) is 12.2 Å². The monoisotopic (exact) mass is 202 g/mol. The van der Waals surface area contributed by atoms with Crippen molar-refractivity contribution in [3.8, 4) is 0 Å². The van der Waals surface area contributed by atoms with Gasteiger partial charge in [-0.25, -0.2) is 0 Å². The van der Waals surface area contributed by atoms with Crippen LogP contribution in [0.1, 0.15) is 6.92 Å². The van der Waals surface area contributed by atoms with Gasteiger partial charge >= 0.3 is 0 Å². The van der Waals surface area contributed by atoms with Crippen molar-refractivity contribution < 1.29 is 15.3 Å². The number of nitrogens with one attached hydrogen (secondary N) is 1. The van der Waals surface area contributed by atoms with Crippen molar-refractivity contribution in [3.63, 3.8) is 0 Å². The Labute approximate surface area is 81.0 Å². The summed E-state index contributed by atoms with van der Waals surface area (Å²) in [4.78, 5) is 2.56. The SMILES string of the molecule is CC1NC(CN=[N+]=[N-])C(O)C(O)C1O. The van der Waals surface area contributed by atoms with Gasteiger partial charge in [-0.05, 0) is 12.5 Å². The van der Waals surface area contributed by atoms with Crippen LogP contribution in [0, 0.1) is 0 Å².